The van der Waals surface area contributed by atoms with Crippen LogP contribution in [0.5, 0.6) is 0 Å². The lowest BCUT2D eigenvalue weighted by Crippen LogP contribution is -2.05. The van der Waals surface area contributed by atoms with Crippen molar-refractivity contribution < 1.29 is 14.3 Å². The topological polar surface area (TPSA) is 50.2 Å². The summed E-state index contributed by atoms with van der Waals surface area (Å²) in [6.45, 7) is 2.05. The van der Waals surface area contributed by atoms with Crippen molar-refractivity contribution in [3.63, 3.8) is 0 Å². The second-order valence-electron chi connectivity index (χ2n) is 3.39. The number of halogens is 1. The van der Waals surface area contributed by atoms with Crippen LogP contribution in [0.25, 0.3) is 0 Å². The van der Waals surface area contributed by atoms with E-state index in [2.05, 4.69) is 11.9 Å². The predicted molar refractivity (Wildman–Crippen MR) is 54.4 cm³/mol. The van der Waals surface area contributed by atoms with Crippen LogP contribution in [-0.2, 0) is 6.42 Å². The van der Waals surface area contributed by atoms with E-state index in [1.807, 2.05) is 0 Å². The van der Waals surface area contributed by atoms with Gasteiger partial charge in [-0.2, -0.15) is 0 Å². The van der Waals surface area contributed by atoms with Gasteiger partial charge in [0.25, 0.3) is 0 Å². The largest absolute Gasteiger partial charge is 0.477 e. The molecule has 0 fully saturated rings. The normalized spacial score (nSPS) is 10.3. The smallest absolute Gasteiger partial charge is 0.354 e. The molecule has 1 N–H and O–H groups in total. The molecule has 4 heteroatoms. The number of hydrogen-bond acceptors (Lipinski definition) is 2. The van der Waals surface area contributed by atoms with E-state index in [1.54, 1.807) is 0 Å². The Balaban J connectivity index is 2.76. The molecular formula is C11H14FNO2. The van der Waals surface area contributed by atoms with E-state index in [0.717, 1.165) is 25.3 Å². The van der Waals surface area contributed by atoms with Gasteiger partial charge in [-0.05, 0) is 25.0 Å². The van der Waals surface area contributed by atoms with E-state index in [4.69, 9.17) is 5.11 Å². The lowest BCUT2D eigenvalue weighted by atomic mass is 10.1. The number of aromatic carboxylic acids is 1. The van der Waals surface area contributed by atoms with Crippen LogP contribution in [0.15, 0.2) is 12.1 Å². The molecule has 1 aromatic rings. The number of carboxylic acids is 1. The van der Waals surface area contributed by atoms with Gasteiger partial charge in [0.1, 0.15) is 11.5 Å². The first-order valence-corrected chi connectivity index (χ1v) is 5.04. The second-order valence-corrected chi connectivity index (χ2v) is 3.39. The molecule has 0 spiro atoms. The first-order valence-electron chi connectivity index (χ1n) is 5.04. The lowest BCUT2D eigenvalue weighted by Gasteiger charge is -2.02. The van der Waals surface area contributed by atoms with Crippen molar-refractivity contribution in [1.29, 1.82) is 0 Å². The van der Waals surface area contributed by atoms with Crippen molar-refractivity contribution in [3.8, 4) is 0 Å². The first-order chi connectivity index (χ1) is 7.15. The average molecular weight is 211 g/mol. The summed E-state index contributed by atoms with van der Waals surface area (Å²) < 4.78 is 13.2. The van der Waals surface area contributed by atoms with Gasteiger partial charge in [0.15, 0.2) is 0 Å². The van der Waals surface area contributed by atoms with Gasteiger partial charge in [0, 0.05) is 0 Å². The molecule has 0 aromatic carbocycles. The van der Waals surface area contributed by atoms with E-state index in [-0.39, 0.29) is 11.4 Å². The Kier molecular flexibility index (Phi) is 4.21. The van der Waals surface area contributed by atoms with Gasteiger partial charge in [-0.15, -0.1) is 0 Å². The Bertz CT molecular complexity index is 352. The minimum atomic E-state index is -1.12. The van der Waals surface area contributed by atoms with Crippen LogP contribution in [0.3, 0.4) is 0 Å². The van der Waals surface area contributed by atoms with E-state index in [9.17, 15) is 9.18 Å². The third-order valence-corrected chi connectivity index (χ3v) is 2.15. The second kappa shape index (κ2) is 5.44. The van der Waals surface area contributed by atoms with Crippen LogP contribution in [0.4, 0.5) is 4.39 Å². The molecule has 0 atom stereocenters. The maximum atomic E-state index is 13.2. The summed E-state index contributed by atoms with van der Waals surface area (Å²) >= 11 is 0. The third-order valence-electron chi connectivity index (χ3n) is 2.15. The highest BCUT2D eigenvalue weighted by Crippen LogP contribution is 2.10. The van der Waals surface area contributed by atoms with Crippen molar-refractivity contribution in [1.82, 2.24) is 4.98 Å². The van der Waals surface area contributed by atoms with Gasteiger partial charge in [-0.25, -0.2) is 14.2 Å². The van der Waals surface area contributed by atoms with Gasteiger partial charge in [0.05, 0.1) is 5.69 Å². The zero-order chi connectivity index (χ0) is 11.3. The molecule has 82 valence electrons. The van der Waals surface area contributed by atoms with E-state index in [0.29, 0.717) is 6.42 Å². The van der Waals surface area contributed by atoms with Gasteiger partial charge in [-0.3, -0.25) is 0 Å². The number of rotatable bonds is 5. The van der Waals surface area contributed by atoms with Crippen LogP contribution < -0.4 is 0 Å². The Morgan fingerprint density at radius 1 is 1.47 bits per heavy atom. The van der Waals surface area contributed by atoms with Crippen molar-refractivity contribution in [2.45, 2.75) is 32.6 Å². The Hall–Kier alpha value is -1.45. The summed E-state index contributed by atoms with van der Waals surface area (Å²) in [6.07, 6.45) is 3.38. The molecular weight excluding hydrogens is 197 g/mol. The van der Waals surface area contributed by atoms with Crippen molar-refractivity contribution >= 4 is 5.97 Å². The molecule has 1 rings (SSSR count). The highest BCUT2D eigenvalue weighted by molar-refractivity contribution is 5.85. The summed E-state index contributed by atoms with van der Waals surface area (Å²) in [5.41, 5.74) is 0.159. The van der Waals surface area contributed by atoms with Crippen LogP contribution in [0, 0.1) is 5.82 Å². The van der Waals surface area contributed by atoms with Gasteiger partial charge in [-0.1, -0.05) is 19.8 Å². The molecule has 0 bridgehead atoms. The molecule has 1 aromatic heterocycles. The molecule has 15 heavy (non-hydrogen) atoms. The first kappa shape index (κ1) is 11.6. The maximum Gasteiger partial charge on any atom is 0.354 e. The van der Waals surface area contributed by atoms with Crippen molar-refractivity contribution in [3.05, 3.63) is 29.3 Å². The Morgan fingerprint density at radius 3 is 2.80 bits per heavy atom. The summed E-state index contributed by atoms with van der Waals surface area (Å²) in [5, 5.41) is 8.69. The monoisotopic (exact) mass is 211 g/mol. The molecule has 1 heterocycles. The van der Waals surface area contributed by atoms with Crippen LogP contribution in [0.2, 0.25) is 0 Å². The quantitative estimate of drug-likeness (QED) is 0.762. The lowest BCUT2D eigenvalue weighted by molar-refractivity contribution is 0.0690. The van der Waals surface area contributed by atoms with E-state index >= 15 is 0 Å². The van der Waals surface area contributed by atoms with Gasteiger partial charge in [0.2, 0.25) is 0 Å². The highest BCUT2D eigenvalue weighted by atomic mass is 19.1. The molecule has 0 aliphatic heterocycles. The number of aryl methyl sites for hydroxylation is 1. The summed E-state index contributed by atoms with van der Waals surface area (Å²) in [4.78, 5) is 14.4. The molecule has 3 nitrogen and oxygen atoms in total. The van der Waals surface area contributed by atoms with Crippen LogP contribution in [0.1, 0.15) is 42.4 Å². The standard InChI is InChI=1S/C11H14FNO2/c1-2-3-4-5-9-8(12)6-7-10(13-9)11(14)15/h6-7H,2-5H2,1H3,(H,14,15). The number of hydrogen-bond donors (Lipinski definition) is 1. The SMILES string of the molecule is CCCCCc1nc(C(=O)O)ccc1F. The molecule has 0 aliphatic rings. The van der Waals surface area contributed by atoms with Crippen molar-refractivity contribution in [2.24, 2.45) is 0 Å². The number of pyridine rings is 1. The third kappa shape index (κ3) is 3.31. The fourth-order valence-corrected chi connectivity index (χ4v) is 1.32. The van der Waals surface area contributed by atoms with E-state index in [1.165, 1.54) is 6.07 Å². The fourth-order valence-electron chi connectivity index (χ4n) is 1.32. The van der Waals surface area contributed by atoms with Crippen LogP contribution >= 0.6 is 0 Å². The zero-order valence-corrected chi connectivity index (χ0v) is 8.66. The Morgan fingerprint density at radius 2 is 2.20 bits per heavy atom. The molecule has 0 saturated heterocycles. The number of aromatic nitrogens is 1. The van der Waals surface area contributed by atoms with Crippen LogP contribution in [-0.4, -0.2) is 16.1 Å². The van der Waals surface area contributed by atoms with E-state index < -0.39 is 11.8 Å². The summed E-state index contributed by atoms with van der Waals surface area (Å²) in [5.74, 6) is -1.54. The fraction of sp³-hybridized carbons (Fsp3) is 0.455. The van der Waals surface area contributed by atoms with Crippen molar-refractivity contribution in [2.75, 3.05) is 0 Å². The maximum absolute atomic E-state index is 13.2. The number of carbonyl (C=O) groups is 1. The molecule has 0 aliphatic carbocycles. The average Bonchev–Trinajstić information content (AvgIpc) is 2.20. The summed E-state index contributed by atoms with van der Waals surface area (Å²) in [6, 6.07) is 2.35. The van der Waals surface area contributed by atoms with Gasteiger partial charge < -0.3 is 5.11 Å². The number of carboxylic acid groups (broad SMARTS) is 1. The number of unbranched alkanes of at least 4 members (excludes halogenated alkanes) is 2. The minimum absolute atomic E-state index is 0.0945. The molecule has 0 amide bonds. The predicted octanol–water partition coefficient (Wildman–Crippen LogP) is 2.65. The zero-order valence-electron chi connectivity index (χ0n) is 8.66. The summed E-state index contributed by atoms with van der Waals surface area (Å²) in [7, 11) is 0. The molecule has 0 saturated carbocycles. The van der Waals surface area contributed by atoms with Gasteiger partial charge >= 0.3 is 5.97 Å². The minimum Gasteiger partial charge on any atom is -0.477 e. The molecule has 0 unspecified atom stereocenters. The molecule has 0 radical (unpaired) electrons. The highest BCUT2D eigenvalue weighted by Gasteiger charge is 2.09. The Labute approximate surface area is 88.0 Å². The number of nitrogens with zero attached hydrogens (tertiary/aromatic N) is 1.